The number of carbonyl (C=O) groups is 2. The minimum absolute atomic E-state index is 0.0584. The van der Waals surface area contributed by atoms with Crippen LogP contribution in [-0.2, 0) is 11.3 Å². The number of hydrogen-bond donors (Lipinski definition) is 2. The molecule has 3 aromatic rings. The second-order valence-corrected chi connectivity index (χ2v) is 9.18. The van der Waals surface area contributed by atoms with Crippen LogP contribution < -0.4 is 15.4 Å². The average Bonchev–Trinajstić information content (AvgIpc) is 3.33. The number of likely N-dealkylation sites (tertiary alicyclic amines) is 1. The van der Waals surface area contributed by atoms with Crippen molar-refractivity contribution in [3.63, 3.8) is 0 Å². The predicted molar refractivity (Wildman–Crippen MR) is 140 cm³/mol. The number of piperidine rings is 1. The van der Waals surface area contributed by atoms with E-state index in [1.54, 1.807) is 7.11 Å². The zero-order valence-electron chi connectivity index (χ0n) is 21.1. The molecule has 1 fully saturated rings. The minimum Gasteiger partial charge on any atom is -0.497 e. The summed E-state index contributed by atoms with van der Waals surface area (Å²) in [5.41, 5.74) is 3.12. The van der Waals surface area contributed by atoms with E-state index in [0.29, 0.717) is 36.6 Å². The molecule has 0 saturated carbocycles. The molecule has 190 valence electrons. The quantitative estimate of drug-likeness (QED) is 0.456. The van der Waals surface area contributed by atoms with E-state index < -0.39 is 0 Å². The van der Waals surface area contributed by atoms with Crippen LogP contribution in [0.25, 0.3) is 11.3 Å². The van der Waals surface area contributed by atoms with Gasteiger partial charge in [0.25, 0.3) is 5.91 Å². The summed E-state index contributed by atoms with van der Waals surface area (Å²) in [7, 11) is 1.63. The maximum absolute atomic E-state index is 13.4. The molecule has 2 N–H and O–H groups in total. The van der Waals surface area contributed by atoms with Gasteiger partial charge in [0, 0.05) is 37.4 Å². The predicted octanol–water partition coefficient (Wildman–Crippen LogP) is 3.33. The summed E-state index contributed by atoms with van der Waals surface area (Å²) >= 11 is 0. The third-order valence-corrected chi connectivity index (χ3v) is 6.40. The minimum atomic E-state index is -0.133. The Bertz CT molecular complexity index is 1150. The Balaban J connectivity index is 1.46. The van der Waals surface area contributed by atoms with Gasteiger partial charge in [-0.15, -0.1) is 0 Å². The molecule has 1 aliphatic rings. The molecular weight excluding hydrogens is 454 g/mol. The molecule has 0 unspecified atom stereocenters. The van der Waals surface area contributed by atoms with Gasteiger partial charge in [-0.1, -0.05) is 49.4 Å². The number of aromatic nitrogens is 2. The van der Waals surface area contributed by atoms with E-state index in [4.69, 9.17) is 9.84 Å². The van der Waals surface area contributed by atoms with Crippen molar-refractivity contribution in [2.75, 3.05) is 33.3 Å². The summed E-state index contributed by atoms with van der Waals surface area (Å²) in [5, 5.41) is 10.9. The highest BCUT2D eigenvalue weighted by molar-refractivity contribution is 6.00. The molecule has 2 aromatic carbocycles. The first-order chi connectivity index (χ1) is 17.6. The van der Waals surface area contributed by atoms with Gasteiger partial charge in [0.15, 0.2) is 0 Å². The van der Waals surface area contributed by atoms with E-state index >= 15 is 0 Å². The number of amides is 2. The molecule has 2 heterocycles. The standard InChI is InChI=1S/C28H35N5O3/c1-3-14-29-26(34)20-32-15-12-23(13-16-32)30-28(35)25-19-33(18-21-8-5-4-6-9-21)31-27(25)22-10-7-11-24(17-22)36-2/h4-11,17,19,23H,3,12-16,18,20H2,1-2H3,(H,29,34)(H,30,35). The Kier molecular flexibility index (Phi) is 8.73. The molecular formula is C28H35N5O3. The molecule has 1 saturated heterocycles. The zero-order valence-corrected chi connectivity index (χ0v) is 21.1. The lowest BCUT2D eigenvalue weighted by Gasteiger charge is -2.31. The Morgan fingerprint density at radius 3 is 2.58 bits per heavy atom. The number of ether oxygens (including phenoxy) is 1. The van der Waals surface area contributed by atoms with Crippen molar-refractivity contribution in [2.45, 2.75) is 38.8 Å². The number of nitrogens with zero attached hydrogens (tertiary/aromatic N) is 3. The van der Waals surface area contributed by atoms with E-state index in [0.717, 1.165) is 43.5 Å². The largest absolute Gasteiger partial charge is 0.497 e. The van der Waals surface area contributed by atoms with Crippen molar-refractivity contribution in [3.05, 3.63) is 71.9 Å². The summed E-state index contributed by atoms with van der Waals surface area (Å²) in [6.07, 6.45) is 4.36. The van der Waals surface area contributed by atoms with Gasteiger partial charge >= 0.3 is 0 Å². The molecule has 8 nitrogen and oxygen atoms in total. The van der Waals surface area contributed by atoms with Gasteiger partial charge in [0.1, 0.15) is 11.4 Å². The third-order valence-electron chi connectivity index (χ3n) is 6.40. The van der Waals surface area contributed by atoms with Crippen LogP contribution in [0.15, 0.2) is 60.8 Å². The zero-order chi connectivity index (χ0) is 25.3. The van der Waals surface area contributed by atoms with Crippen molar-refractivity contribution < 1.29 is 14.3 Å². The van der Waals surface area contributed by atoms with Crippen molar-refractivity contribution in [1.82, 2.24) is 25.3 Å². The molecule has 0 radical (unpaired) electrons. The van der Waals surface area contributed by atoms with Crippen LogP contribution in [0, 0.1) is 0 Å². The van der Waals surface area contributed by atoms with E-state index in [9.17, 15) is 9.59 Å². The first kappa shape index (κ1) is 25.4. The number of benzene rings is 2. The van der Waals surface area contributed by atoms with Gasteiger partial charge in [-0.25, -0.2) is 0 Å². The summed E-state index contributed by atoms with van der Waals surface area (Å²) in [6.45, 7) is 5.29. The summed E-state index contributed by atoms with van der Waals surface area (Å²) in [5.74, 6) is 0.645. The molecule has 2 amide bonds. The maximum atomic E-state index is 13.4. The van der Waals surface area contributed by atoms with Crippen molar-refractivity contribution in [2.24, 2.45) is 0 Å². The Hall–Kier alpha value is -3.65. The lowest BCUT2D eigenvalue weighted by molar-refractivity contribution is -0.122. The van der Waals surface area contributed by atoms with Crippen LogP contribution in [0.4, 0.5) is 0 Å². The smallest absolute Gasteiger partial charge is 0.255 e. The van der Waals surface area contributed by atoms with Gasteiger partial charge in [-0.2, -0.15) is 5.10 Å². The first-order valence-corrected chi connectivity index (χ1v) is 12.6. The number of methoxy groups -OCH3 is 1. The SMILES string of the molecule is CCCNC(=O)CN1CCC(NC(=O)c2cn(Cc3ccccc3)nc2-c2cccc(OC)c2)CC1. The van der Waals surface area contributed by atoms with E-state index in [2.05, 4.69) is 15.5 Å². The first-order valence-electron chi connectivity index (χ1n) is 12.6. The number of rotatable bonds is 10. The fourth-order valence-corrected chi connectivity index (χ4v) is 4.44. The second-order valence-electron chi connectivity index (χ2n) is 9.18. The molecule has 36 heavy (non-hydrogen) atoms. The maximum Gasteiger partial charge on any atom is 0.255 e. The van der Waals surface area contributed by atoms with Crippen molar-refractivity contribution in [1.29, 1.82) is 0 Å². The molecule has 8 heteroatoms. The molecule has 0 spiro atoms. The van der Waals surface area contributed by atoms with Crippen LogP contribution in [0.2, 0.25) is 0 Å². The highest BCUT2D eigenvalue weighted by Crippen LogP contribution is 2.26. The van der Waals surface area contributed by atoms with Crippen LogP contribution >= 0.6 is 0 Å². The summed E-state index contributed by atoms with van der Waals surface area (Å²) < 4.78 is 7.21. The summed E-state index contributed by atoms with van der Waals surface area (Å²) in [6, 6.07) is 17.7. The highest BCUT2D eigenvalue weighted by atomic mass is 16.5. The topological polar surface area (TPSA) is 88.5 Å². The van der Waals surface area contributed by atoms with Gasteiger partial charge in [0.05, 0.1) is 25.8 Å². The lowest BCUT2D eigenvalue weighted by atomic mass is 10.0. The number of hydrogen-bond acceptors (Lipinski definition) is 5. The molecule has 0 aliphatic carbocycles. The average molecular weight is 490 g/mol. The monoisotopic (exact) mass is 489 g/mol. The van der Waals surface area contributed by atoms with Crippen LogP contribution in [-0.4, -0.2) is 65.8 Å². The second kappa shape index (κ2) is 12.4. The molecule has 1 aliphatic heterocycles. The number of carbonyl (C=O) groups excluding carboxylic acids is 2. The van der Waals surface area contributed by atoms with Gasteiger partial charge in [-0.3, -0.25) is 19.2 Å². The fourth-order valence-electron chi connectivity index (χ4n) is 4.44. The number of nitrogens with one attached hydrogen (secondary N) is 2. The Morgan fingerprint density at radius 2 is 1.86 bits per heavy atom. The third kappa shape index (κ3) is 6.73. The van der Waals surface area contributed by atoms with Gasteiger partial charge in [-0.05, 0) is 37.0 Å². The van der Waals surface area contributed by atoms with E-state index in [1.807, 2.05) is 72.4 Å². The van der Waals surface area contributed by atoms with E-state index in [1.165, 1.54) is 0 Å². The van der Waals surface area contributed by atoms with Crippen molar-refractivity contribution in [3.8, 4) is 17.0 Å². The molecule has 0 atom stereocenters. The van der Waals surface area contributed by atoms with Gasteiger partial charge < -0.3 is 15.4 Å². The van der Waals surface area contributed by atoms with Crippen LogP contribution in [0.3, 0.4) is 0 Å². The normalized spacial score (nSPS) is 14.4. The Morgan fingerprint density at radius 1 is 1.08 bits per heavy atom. The highest BCUT2D eigenvalue weighted by Gasteiger charge is 2.25. The van der Waals surface area contributed by atoms with Crippen LogP contribution in [0.1, 0.15) is 42.1 Å². The summed E-state index contributed by atoms with van der Waals surface area (Å²) in [4.78, 5) is 27.6. The van der Waals surface area contributed by atoms with Crippen molar-refractivity contribution >= 4 is 11.8 Å². The fraction of sp³-hybridized carbons (Fsp3) is 0.393. The molecule has 4 rings (SSSR count). The lowest BCUT2D eigenvalue weighted by Crippen LogP contribution is -2.47. The van der Waals surface area contributed by atoms with Crippen LogP contribution in [0.5, 0.6) is 5.75 Å². The molecule has 0 bridgehead atoms. The van der Waals surface area contributed by atoms with Gasteiger partial charge in [0.2, 0.25) is 5.91 Å². The Labute approximate surface area is 212 Å². The molecule has 1 aromatic heterocycles. The van der Waals surface area contributed by atoms with E-state index in [-0.39, 0.29) is 17.9 Å².